The van der Waals surface area contributed by atoms with Crippen molar-refractivity contribution in [1.29, 1.82) is 0 Å². The molecule has 2 rings (SSSR count). The van der Waals surface area contributed by atoms with E-state index in [1.54, 1.807) is 0 Å². The van der Waals surface area contributed by atoms with Crippen LogP contribution < -0.4 is 0 Å². The molecular weight excluding hydrogens is 412 g/mol. The normalized spacial score (nSPS) is 21.2. The first-order valence-corrected chi connectivity index (χ1v) is 11.6. The third kappa shape index (κ3) is 13.3. The summed E-state index contributed by atoms with van der Waals surface area (Å²) in [5.41, 5.74) is 1.98. The minimum atomic E-state index is 0.566. The van der Waals surface area contributed by atoms with Gasteiger partial charge in [0.05, 0.1) is 71.8 Å². The van der Waals surface area contributed by atoms with Crippen molar-refractivity contribution in [3.8, 4) is 0 Å². The molecule has 2 aliphatic rings. The predicted octanol–water partition coefficient (Wildman–Crippen LogP) is 1.73. The molecule has 2 fully saturated rings. The largest absolute Gasteiger partial charge is 0.497 e. The van der Waals surface area contributed by atoms with Crippen molar-refractivity contribution < 1.29 is 28.4 Å². The summed E-state index contributed by atoms with van der Waals surface area (Å²) in [5, 5.41) is 0. The van der Waals surface area contributed by atoms with Crippen LogP contribution in [0, 0.1) is 0 Å². The average Bonchev–Trinajstić information content (AvgIpc) is 2.78. The topological polar surface area (TPSA) is 61.9 Å². The van der Waals surface area contributed by atoms with E-state index >= 15 is 0 Å². The molecule has 0 N–H and O–H groups in total. The fourth-order valence-corrected chi connectivity index (χ4v) is 3.27. The number of hydrogen-bond acceptors (Lipinski definition) is 8. The highest BCUT2D eigenvalue weighted by atomic mass is 16.5. The number of rotatable bonds is 10. The molecule has 2 saturated heterocycles. The minimum Gasteiger partial charge on any atom is -0.497 e. The zero-order chi connectivity index (χ0) is 22.9. The van der Waals surface area contributed by atoms with E-state index < -0.39 is 0 Å². The maximum absolute atomic E-state index is 5.79. The van der Waals surface area contributed by atoms with Gasteiger partial charge in [0.25, 0.3) is 0 Å². The van der Waals surface area contributed by atoms with E-state index in [1.807, 2.05) is 0 Å². The van der Waals surface area contributed by atoms with Crippen molar-refractivity contribution in [3.63, 3.8) is 0 Å². The molecule has 8 heteroatoms. The maximum Gasteiger partial charge on any atom is 0.100 e. The molecule has 0 spiro atoms. The average molecular weight is 455 g/mol. The van der Waals surface area contributed by atoms with Gasteiger partial charge < -0.3 is 28.4 Å². The molecule has 0 unspecified atom stereocenters. The van der Waals surface area contributed by atoms with Gasteiger partial charge in [-0.05, 0) is 11.1 Å². The highest BCUT2D eigenvalue weighted by molar-refractivity contribution is 4.95. The highest BCUT2D eigenvalue weighted by Gasteiger charge is 2.10. The Bertz CT molecular complexity index is 529. The second-order valence-electron chi connectivity index (χ2n) is 8.14. The second kappa shape index (κ2) is 17.2. The van der Waals surface area contributed by atoms with Crippen molar-refractivity contribution in [3.05, 3.63) is 36.6 Å². The molecule has 0 aromatic heterocycles. The van der Waals surface area contributed by atoms with Crippen LogP contribution in [-0.2, 0) is 28.4 Å². The molecule has 0 radical (unpaired) electrons. The second-order valence-corrected chi connectivity index (χ2v) is 8.14. The third-order valence-corrected chi connectivity index (χ3v) is 5.22. The Hall–Kier alpha value is -1.26. The molecular formula is C24H42N2O6. The van der Waals surface area contributed by atoms with Gasteiger partial charge in [-0.1, -0.05) is 19.7 Å². The zero-order valence-corrected chi connectivity index (χ0v) is 19.7. The van der Waals surface area contributed by atoms with Crippen LogP contribution in [0.3, 0.4) is 0 Å². The van der Waals surface area contributed by atoms with Gasteiger partial charge >= 0.3 is 0 Å². The third-order valence-electron chi connectivity index (χ3n) is 5.22. The molecule has 2 aliphatic heterocycles. The van der Waals surface area contributed by atoms with Crippen LogP contribution in [0.1, 0.15) is 6.42 Å². The van der Waals surface area contributed by atoms with E-state index in [1.165, 1.54) is 0 Å². The molecule has 0 aromatic rings. The SMILES string of the molecule is C=C1COCCN(CCOCCC(=C)OCCN2CCOCC(=C)COCC2)CCOC1. The zero-order valence-electron chi connectivity index (χ0n) is 19.7. The van der Waals surface area contributed by atoms with E-state index in [0.717, 1.165) is 56.2 Å². The first kappa shape index (κ1) is 27.0. The van der Waals surface area contributed by atoms with Gasteiger partial charge in [-0.15, -0.1) is 0 Å². The summed E-state index contributed by atoms with van der Waals surface area (Å²) >= 11 is 0. The van der Waals surface area contributed by atoms with E-state index in [2.05, 4.69) is 29.5 Å². The van der Waals surface area contributed by atoms with Crippen molar-refractivity contribution in [2.24, 2.45) is 0 Å². The quantitative estimate of drug-likeness (QED) is 0.281. The summed E-state index contributed by atoms with van der Waals surface area (Å²) in [6.07, 6.45) is 0.697. The van der Waals surface area contributed by atoms with Crippen LogP contribution in [0.25, 0.3) is 0 Å². The van der Waals surface area contributed by atoms with Gasteiger partial charge in [0.1, 0.15) is 6.61 Å². The van der Waals surface area contributed by atoms with E-state index in [9.17, 15) is 0 Å². The smallest absolute Gasteiger partial charge is 0.100 e. The Morgan fingerprint density at radius 2 is 1.12 bits per heavy atom. The van der Waals surface area contributed by atoms with E-state index in [0.29, 0.717) is 79.1 Å². The molecule has 0 atom stereocenters. The molecule has 32 heavy (non-hydrogen) atoms. The monoisotopic (exact) mass is 454 g/mol. The fourth-order valence-electron chi connectivity index (χ4n) is 3.27. The molecule has 8 nitrogen and oxygen atoms in total. The summed E-state index contributed by atoms with van der Waals surface area (Å²) in [6, 6.07) is 0. The molecule has 0 bridgehead atoms. The lowest BCUT2D eigenvalue weighted by atomic mass is 10.3. The number of hydrogen-bond donors (Lipinski definition) is 0. The lowest BCUT2D eigenvalue weighted by Gasteiger charge is -2.24. The van der Waals surface area contributed by atoms with Crippen molar-refractivity contribution in [2.75, 3.05) is 112 Å². The molecule has 2 heterocycles. The summed E-state index contributed by atoms with van der Waals surface area (Å²) in [7, 11) is 0. The van der Waals surface area contributed by atoms with Gasteiger partial charge in [-0.2, -0.15) is 0 Å². The van der Waals surface area contributed by atoms with Crippen LogP contribution in [0.15, 0.2) is 36.6 Å². The Balaban J connectivity index is 1.49. The van der Waals surface area contributed by atoms with Crippen LogP contribution in [0.2, 0.25) is 0 Å². The van der Waals surface area contributed by atoms with Crippen LogP contribution in [0.4, 0.5) is 0 Å². The van der Waals surface area contributed by atoms with Crippen LogP contribution in [-0.4, -0.2) is 122 Å². The highest BCUT2D eigenvalue weighted by Crippen LogP contribution is 2.04. The summed E-state index contributed by atoms with van der Waals surface area (Å²) < 4.78 is 34.0. The lowest BCUT2D eigenvalue weighted by Crippen LogP contribution is -2.35. The first-order chi connectivity index (χ1) is 15.6. The first-order valence-electron chi connectivity index (χ1n) is 11.6. The molecule has 184 valence electrons. The predicted molar refractivity (Wildman–Crippen MR) is 125 cm³/mol. The minimum absolute atomic E-state index is 0.566. The summed E-state index contributed by atoms with van der Waals surface area (Å²) in [6.45, 7) is 24.0. The van der Waals surface area contributed by atoms with Crippen molar-refractivity contribution in [1.82, 2.24) is 9.80 Å². The van der Waals surface area contributed by atoms with E-state index in [4.69, 9.17) is 28.4 Å². The fraction of sp³-hybridized carbons (Fsp3) is 0.750. The molecule has 0 amide bonds. The Kier molecular flexibility index (Phi) is 14.5. The summed E-state index contributed by atoms with van der Waals surface area (Å²) in [5.74, 6) is 0.760. The van der Waals surface area contributed by atoms with Crippen LogP contribution in [0.5, 0.6) is 0 Å². The molecule has 0 aliphatic carbocycles. The van der Waals surface area contributed by atoms with Crippen molar-refractivity contribution in [2.45, 2.75) is 6.42 Å². The Morgan fingerprint density at radius 3 is 1.59 bits per heavy atom. The number of ether oxygens (including phenoxy) is 6. The summed E-state index contributed by atoms with van der Waals surface area (Å²) in [4.78, 5) is 4.59. The Morgan fingerprint density at radius 1 is 0.688 bits per heavy atom. The Labute approximate surface area is 193 Å². The number of nitrogens with zero attached hydrogens (tertiary/aromatic N) is 2. The standard InChI is InChI=1S/C24H42N2O6/c1-22-18-28-13-6-25(7-14-29-19-22)5-12-27-11-4-24(3)32-17-10-26-8-15-30-20-23(2)21-31-16-9-26/h1-21H2. The van der Waals surface area contributed by atoms with Gasteiger partial charge in [0, 0.05) is 45.7 Å². The van der Waals surface area contributed by atoms with Gasteiger partial charge in [0.2, 0.25) is 0 Å². The van der Waals surface area contributed by atoms with Gasteiger partial charge in [-0.3, -0.25) is 9.80 Å². The molecule has 0 aromatic carbocycles. The van der Waals surface area contributed by atoms with Gasteiger partial charge in [0.15, 0.2) is 0 Å². The van der Waals surface area contributed by atoms with Crippen LogP contribution >= 0.6 is 0 Å². The van der Waals surface area contributed by atoms with Gasteiger partial charge in [-0.25, -0.2) is 0 Å². The maximum atomic E-state index is 5.79. The molecule has 0 saturated carbocycles. The van der Waals surface area contributed by atoms with E-state index in [-0.39, 0.29) is 0 Å². The van der Waals surface area contributed by atoms with Crippen molar-refractivity contribution >= 4 is 0 Å². The lowest BCUT2D eigenvalue weighted by molar-refractivity contribution is 0.0419.